The molecule has 0 spiro atoms. The summed E-state index contributed by atoms with van der Waals surface area (Å²) in [5.41, 5.74) is 0.582. The van der Waals surface area contributed by atoms with E-state index in [4.69, 9.17) is 11.6 Å². The quantitative estimate of drug-likeness (QED) is 0.852. The topological polar surface area (TPSA) is 12.0 Å². The second-order valence-corrected chi connectivity index (χ2v) is 5.32. The minimum absolute atomic E-state index is 0.219. The van der Waals surface area contributed by atoms with Gasteiger partial charge in [0, 0.05) is 23.2 Å². The summed E-state index contributed by atoms with van der Waals surface area (Å²) in [6.45, 7) is 2.70. The summed E-state index contributed by atoms with van der Waals surface area (Å²) >= 11 is 5.99. The molecule has 94 valence electrons. The molecular weight excluding hydrogens is 237 g/mol. The standard InChI is InChI=1S/C14H19ClFN/c1-10(11-5-2-3-6-11)17-9-12-13(15)7-4-8-14(12)16/h4,7-8,10-11,17H,2-3,5-6,9H2,1H3/t10-/m1/s1. The molecule has 0 heterocycles. The molecule has 0 saturated heterocycles. The molecule has 1 saturated carbocycles. The van der Waals surface area contributed by atoms with E-state index < -0.39 is 0 Å². The Bertz CT molecular complexity index is 354. The maximum absolute atomic E-state index is 13.6. The highest BCUT2D eigenvalue weighted by Crippen LogP contribution is 2.28. The first-order chi connectivity index (χ1) is 8.18. The van der Waals surface area contributed by atoms with Crippen LogP contribution in [0.25, 0.3) is 0 Å². The summed E-state index contributed by atoms with van der Waals surface area (Å²) in [4.78, 5) is 0. The molecule has 1 nitrogen and oxygen atoms in total. The summed E-state index contributed by atoms with van der Waals surface area (Å²) in [5.74, 6) is 0.518. The Morgan fingerprint density at radius 1 is 1.41 bits per heavy atom. The Morgan fingerprint density at radius 2 is 2.12 bits per heavy atom. The zero-order valence-corrected chi connectivity index (χ0v) is 10.9. The average Bonchev–Trinajstić information content (AvgIpc) is 2.81. The van der Waals surface area contributed by atoms with Gasteiger partial charge in [-0.15, -0.1) is 0 Å². The Kier molecular flexibility index (Phi) is 4.41. The first-order valence-electron chi connectivity index (χ1n) is 6.34. The normalized spacial score (nSPS) is 18.5. The van der Waals surface area contributed by atoms with Crippen LogP contribution in [0.1, 0.15) is 38.2 Å². The van der Waals surface area contributed by atoms with Crippen molar-refractivity contribution in [1.82, 2.24) is 5.32 Å². The monoisotopic (exact) mass is 255 g/mol. The van der Waals surface area contributed by atoms with Gasteiger partial charge in [-0.2, -0.15) is 0 Å². The van der Waals surface area contributed by atoms with E-state index >= 15 is 0 Å². The highest BCUT2D eigenvalue weighted by Gasteiger charge is 2.21. The first kappa shape index (κ1) is 12.8. The first-order valence-corrected chi connectivity index (χ1v) is 6.72. The van der Waals surface area contributed by atoms with Crippen molar-refractivity contribution >= 4 is 11.6 Å². The fourth-order valence-corrected chi connectivity index (χ4v) is 2.82. The molecule has 1 N–H and O–H groups in total. The molecule has 0 bridgehead atoms. The van der Waals surface area contributed by atoms with E-state index in [0.717, 1.165) is 5.92 Å². The predicted octanol–water partition coefficient (Wildman–Crippen LogP) is 4.15. The summed E-state index contributed by atoms with van der Waals surface area (Å²) < 4.78 is 13.6. The molecule has 1 aromatic carbocycles. The fraction of sp³-hybridized carbons (Fsp3) is 0.571. The highest BCUT2D eigenvalue weighted by molar-refractivity contribution is 6.31. The molecule has 17 heavy (non-hydrogen) atoms. The molecule has 1 atom stereocenters. The van der Waals surface area contributed by atoms with Crippen LogP contribution in [0, 0.1) is 11.7 Å². The second-order valence-electron chi connectivity index (χ2n) is 4.91. The maximum Gasteiger partial charge on any atom is 0.129 e. The Labute approximate surface area is 107 Å². The van der Waals surface area contributed by atoms with Crippen molar-refractivity contribution in [1.29, 1.82) is 0 Å². The Morgan fingerprint density at radius 3 is 2.76 bits per heavy atom. The lowest BCUT2D eigenvalue weighted by Gasteiger charge is -2.20. The zero-order chi connectivity index (χ0) is 12.3. The molecule has 1 aliphatic rings. The van der Waals surface area contributed by atoms with Crippen molar-refractivity contribution in [2.45, 2.75) is 45.2 Å². The third-order valence-electron chi connectivity index (χ3n) is 3.77. The van der Waals surface area contributed by atoms with Crippen molar-refractivity contribution in [3.8, 4) is 0 Å². The van der Waals surface area contributed by atoms with Crippen LogP contribution in [0.2, 0.25) is 5.02 Å². The number of nitrogens with one attached hydrogen (secondary N) is 1. The summed E-state index contributed by atoms with van der Waals surface area (Å²) in [6, 6.07) is 5.28. The van der Waals surface area contributed by atoms with E-state index in [9.17, 15) is 4.39 Å². The van der Waals surface area contributed by atoms with Crippen molar-refractivity contribution < 1.29 is 4.39 Å². The van der Waals surface area contributed by atoms with Crippen LogP contribution in [0.3, 0.4) is 0 Å². The van der Waals surface area contributed by atoms with Crippen LogP contribution < -0.4 is 5.32 Å². The highest BCUT2D eigenvalue weighted by atomic mass is 35.5. The zero-order valence-electron chi connectivity index (χ0n) is 10.2. The number of rotatable bonds is 4. The lowest BCUT2D eigenvalue weighted by atomic mass is 9.99. The van der Waals surface area contributed by atoms with E-state index in [1.165, 1.54) is 31.7 Å². The van der Waals surface area contributed by atoms with Crippen molar-refractivity contribution in [2.75, 3.05) is 0 Å². The molecule has 1 fully saturated rings. The van der Waals surface area contributed by atoms with Gasteiger partial charge in [0.1, 0.15) is 5.82 Å². The van der Waals surface area contributed by atoms with Crippen molar-refractivity contribution in [2.24, 2.45) is 5.92 Å². The van der Waals surface area contributed by atoms with E-state index in [2.05, 4.69) is 12.2 Å². The molecular formula is C14H19ClFN. The minimum atomic E-state index is -0.219. The summed E-state index contributed by atoms with van der Waals surface area (Å²) in [5, 5.41) is 3.91. The largest absolute Gasteiger partial charge is 0.310 e. The van der Waals surface area contributed by atoms with Gasteiger partial charge < -0.3 is 5.32 Å². The van der Waals surface area contributed by atoms with Crippen LogP contribution in [0.15, 0.2) is 18.2 Å². The average molecular weight is 256 g/mol. The third kappa shape index (κ3) is 3.20. The van der Waals surface area contributed by atoms with Crippen LogP contribution in [0.4, 0.5) is 4.39 Å². The molecule has 1 aromatic rings. The van der Waals surface area contributed by atoms with E-state index in [0.29, 0.717) is 23.2 Å². The lowest BCUT2D eigenvalue weighted by molar-refractivity contribution is 0.378. The smallest absolute Gasteiger partial charge is 0.129 e. The minimum Gasteiger partial charge on any atom is -0.310 e. The van der Waals surface area contributed by atoms with Gasteiger partial charge in [-0.3, -0.25) is 0 Å². The number of hydrogen-bond acceptors (Lipinski definition) is 1. The van der Waals surface area contributed by atoms with Gasteiger partial charge in [-0.25, -0.2) is 4.39 Å². The van der Waals surface area contributed by atoms with E-state index in [1.807, 2.05) is 0 Å². The van der Waals surface area contributed by atoms with E-state index in [-0.39, 0.29) is 5.82 Å². The van der Waals surface area contributed by atoms with Gasteiger partial charge in [0.25, 0.3) is 0 Å². The predicted molar refractivity (Wildman–Crippen MR) is 69.7 cm³/mol. The third-order valence-corrected chi connectivity index (χ3v) is 4.12. The molecule has 2 rings (SSSR count). The van der Waals surface area contributed by atoms with Gasteiger partial charge in [-0.1, -0.05) is 30.5 Å². The molecule has 0 aromatic heterocycles. The van der Waals surface area contributed by atoms with Crippen LogP contribution in [-0.2, 0) is 6.54 Å². The molecule has 3 heteroatoms. The number of halogens is 2. The van der Waals surface area contributed by atoms with Gasteiger partial charge in [0.2, 0.25) is 0 Å². The molecule has 0 radical (unpaired) electrons. The van der Waals surface area contributed by atoms with Crippen molar-refractivity contribution in [3.05, 3.63) is 34.6 Å². The molecule has 1 aliphatic carbocycles. The molecule has 0 unspecified atom stereocenters. The van der Waals surface area contributed by atoms with Crippen LogP contribution in [0.5, 0.6) is 0 Å². The van der Waals surface area contributed by atoms with E-state index in [1.54, 1.807) is 12.1 Å². The molecule has 0 amide bonds. The van der Waals surface area contributed by atoms with Gasteiger partial charge in [-0.05, 0) is 37.8 Å². The fourth-order valence-electron chi connectivity index (χ4n) is 2.59. The Hall–Kier alpha value is -0.600. The van der Waals surface area contributed by atoms with Gasteiger partial charge in [0.05, 0.1) is 0 Å². The number of benzene rings is 1. The Balaban J connectivity index is 1.92. The molecule has 0 aliphatic heterocycles. The van der Waals surface area contributed by atoms with Crippen LogP contribution in [-0.4, -0.2) is 6.04 Å². The maximum atomic E-state index is 13.6. The van der Waals surface area contributed by atoms with Crippen LogP contribution >= 0.6 is 11.6 Å². The summed E-state index contributed by atoms with van der Waals surface area (Å²) in [7, 11) is 0. The van der Waals surface area contributed by atoms with Gasteiger partial charge in [0.15, 0.2) is 0 Å². The van der Waals surface area contributed by atoms with Crippen molar-refractivity contribution in [3.63, 3.8) is 0 Å². The van der Waals surface area contributed by atoms with Gasteiger partial charge >= 0.3 is 0 Å². The lowest BCUT2D eigenvalue weighted by Crippen LogP contribution is -2.32. The second kappa shape index (κ2) is 5.83. The SMILES string of the molecule is C[C@@H](NCc1c(F)cccc1Cl)C1CCCC1. The summed E-state index contributed by atoms with van der Waals surface area (Å²) in [6.07, 6.45) is 5.24. The number of hydrogen-bond donors (Lipinski definition) is 1.